The second kappa shape index (κ2) is 6.76. The normalized spacial score (nSPS) is 16.0. The Labute approximate surface area is 126 Å². The van der Waals surface area contributed by atoms with Crippen molar-refractivity contribution in [1.29, 1.82) is 0 Å². The monoisotopic (exact) mass is 285 g/mol. The van der Waals surface area contributed by atoms with E-state index in [-0.39, 0.29) is 0 Å². The first-order valence-electron chi connectivity index (χ1n) is 7.79. The van der Waals surface area contributed by atoms with Crippen molar-refractivity contribution in [1.82, 2.24) is 9.78 Å². The maximum absolute atomic E-state index is 5.42. The van der Waals surface area contributed by atoms with Crippen LogP contribution in [0.15, 0.2) is 36.5 Å². The molecule has 0 bridgehead atoms. The standard InChI is InChI=1S/C17H23N3O/c1-2-16-17(18-15-8-10-21-11-9-15)13-20(19-16)12-14-6-4-3-5-7-14/h3-7,13,15,18H,2,8-12H2,1H3. The van der Waals surface area contributed by atoms with E-state index >= 15 is 0 Å². The van der Waals surface area contributed by atoms with Crippen molar-refractivity contribution in [2.24, 2.45) is 0 Å². The van der Waals surface area contributed by atoms with Gasteiger partial charge in [-0.25, -0.2) is 0 Å². The van der Waals surface area contributed by atoms with Crippen LogP contribution in [0.5, 0.6) is 0 Å². The number of hydrogen-bond acceptors (Lipinski definition) is 3. The lowest BCUT2D eigenvalue weighted by molar-refractivity contribution is 0.0904. The highest BCUT2D eigenvalue weighted by Gasteiger charge is 2.16. The maximum Gasteiger partial charge on any atom is 0.0853 e. The Bertz CT molecular complexity index is 559. The fourth-order valence-corrected chi connectivity index (χ4v) is 2.76. The van der Waals surface area contributed by atoms with Crippen LogP contribution in [0.2, 0.25) is 0 Å². The second-order valence-electron chi connectivity index (χ2n) is 5.56. The highest BCUT2D eigenvalue weighted by molar-refractivity contribution is 5.47. The molecule has 0 radical (unpaired) electrons. The van der Waals surface area contributed by atoms with Gasteiger partial charge >= 0.3 is 0 Å². The van der Waals surface area contributed by atoms with Crippen molar-refractivity contribution in [2.75, 3.05) is 18.5 Å². The van der Waals surface area contributed by atoms with E-state index in [2.05, 4.69) is 42.7 Å². The summed E-state index contributed by atoms with van der Waals surface area (Å²) in [5.41, 5.74) is 3.61. The van der Waals surface area contributed by atoms with Gasteiger partial charge in [-0.3, -0.25) is 4.68 Å². The van der Waals surface area contributed by atoms with E-state index in [1.165, 1.54) is 11.3 Å². The highest BCUT2D eigenvalue weighted by atomic mass is 16.5. The molecule has 0 aliphatic carbocycles. The van der Waals surface area contributed by atoms with Crippen molar-refractivity contribution in [3.63, 3.8) is 0 Å². The van der Waals surface area contributed by atoms with Crippen LogP contribution in [-0.2, 0) is 17.7 Å². The average molecular weight is 285 g/mol. The number of aryl methyl sites for hydroxylation is 1. The molecule has 0 atom stereocenters. The molecule has 1 aliphatic heterocycles. The van der Waals surface area contributed by atoms with Gasteiger partial charge in [0.2, 0.25) is 0 Å². The quantitative estimate of drug-likeness (QED) is 0.917. The summed E-state index contributed by atoms with van der Waals surface area (Å²) in [5, 5.41) is 8.36. The third-order valence-electron chi connectivity index (χ3n) is 3.94. The predicted octanol–water partition coefficient (Wildman–Crippen LogP) is 3.08. The molecule has 0 unspecified atom stereocenters. The van der Waals surface area contributed by atoms with Gasteiger partial charge in [-0.1, -0.05) is 37.3 Å². The number of nitrogens with zero attached hydrogens (tertiary/aromatic N) is 2. The smallest absolute Gasteiger partial charge is 0.0853 e. The SMILES string of the molecule is CCc1nn(Cc2ccccc2)cc1NC1CCOCC1. The lowest BCUT2D eigenvalue weighted by Crippen LogP contribution is -2.28. The van der Waals surface area contributed by atoms with Crippen LogP contribution < -0.4 is 5.32 Å². The molecule has 112 valence electrons. The number of hydrogen-bond donors (Lipinski definition) is 1. The summed E-state index contributed by atoms with van der Waals surface area (Å²) >= 11 is 0. The highest BCUT2D eigenvalue weighted by Crippen LogP contribution is 2.20. The number of benzene rings is 1. The summed E-state index contributed by atoms with van der Waals surface area (Å²) in [5.74, 6) is 0. The van der Waals surface area contributed by atoms with E-state index in [4.69, 9.17) is 9.84 Å². The number of rotatable bonds is 5. The molecule has 0 saturated carbocycles. The van der Waals surface area contributed by atoms with Gasteiger partial charge in [0.05, 0.1) is 17.9 Å². The lowest BCUT2D eigenvalue weighted by atomic mass is 10.1. The number of aromatic nitrogens is 2. The van der Waals surface area contributed by atoms with E-state index in [1.807, 2.05) is 10.7 Å². The summed E-state index contributed by atoms with van der Waals surface area (Å²) in [6.07, 6.45) is 5.24. The zero-order chi connectivity index (χ0) is 14.5. The largest absolute Gasteiger partial charge is 0.381 e. The minimum Gasteiger partial charge on any atom is -0.381 e. The molecule has 0 amide bonds. The van der Waals surface area contributed by atoms with Crippen LogP contribution in [0.25, 0.3) is 0 Å². The van der Waals surface area contributed by atoms with Gasteiger partial charge < -0.3 is 10.1 Å². The summed E-state index contributed by atoms with van der Waals surface area (Å²) < 4.78 is 7.45. The van der Waals surface area contributed by atoms with Gasteiger partial charge in [0.15, 0.2) is 0 Å². The molecule has 1 N–H and O–H groups in total. The maximum atomic E-state index is 5.42. The fraction of sp³-hybridized carbons (Fsp3) is 0.471. The lowest BCUT2D eigenvalue weighted by Gasteiger charge is -2.23. The van der Waals surface area contributed by atoms with Gasteiger partial charge in [-0.05, 0) is 24.8 Å². The van der Waals surface area contributed by atoms with E-state index in [0.717, 1.165) is 44.7 Å². The molecule has 4 nitrogen and oxygen atoms in total. The number of ether oxygens (including phenoxy) is 1. The molecule has 4 heteroatoms. The van der Waals surface area contributed by atoms with Crippen molar-refractivity contribution < 1.29 is 4.74 Å². The van der Waals surface area contributed by atoms with Crippen LogP contribution in [-0.4, -0.2) is 29.0 Å². The number of anilines is 1. The fourth-order valence-electron chi connectivity index (χ4n) is 2.76. The Kier molecular flexibility index (Phi) is 4.55. The van der Waals surface area contributed by atoms with Crippen molar-refractivity contribution in [3.05, 3.63) is 47.8 Å². The van der Waals surface area contributed by atoms with Gasteiger partial charge in [0.25, 0.3) is 0 Å². The topological polar surface area (TPSA) is 39.1 Å². The Morgan fingerprint density at radius 1 is 1.24 bits per heavy atom. The Balaban J connectivity index is 1.71. The molecule has 2 heterocycles. The summed E-state index contributed by atoms with van der Waals surface area (Å²) in [7, 11) is 0. The average Bonchev–Trinajstić information content (AvgIpc) is 2.91. The molecular weight excluding hydrogens is 262 g/mol. The first-order valence-corrected chi connectivity index (χ1v) is 7.79. The molecule has 21 heavy (non-hydrogen) atoms. The van der Waals surface area contributed by atoms with Crippen LogP contribution in [0.4, 0.5) is 5.69 Å². The van der Waals surface area contributed by atoms with E-state index in [1.54, 1.807) is 0 Å². The van der Waals surface area contributed by atoms with E-state index in [0.29, 0.717) is 6.04 Å². The third kappa shape index (κ3) is 3.64. The Morgan fingerprint density at radius 3 is 2.71 bits per heavy atom. The molecule has 1 saturated heterocycles. The minimum absolute atomic E-state index is 0.512. The summed E-state index contributed by atoms with van der Waals surface area (Å²) in [4.78, 5) is 0. The number of nitrogens with one attached hydrogen (secondary N) is 1. The summed E-state index contributed by atoms with van der Waals surface area (Å²) in [6, 6.07) is 11.0. The molecular formula is C17H23N3O. The van der Waals surface area contributed by atoms with Gasteiger partial charge in [0, 0.05) is 25.5 Å². The predicted molar refractivity (Wildman–Crippen MR) is 84.6 cm³/mol. The molecule has 1 fully saturated rings. The second-order valence-corrected chi connectivity index (χ2v) is 5.56. The van der Waals surface area contributed by atoms with Gasteiger partial charge in [-0.2, -0.15) is 5.10 Å². The zero-order valence-corrected chi connectivity index (χ0v) is 12.6. The van der Waals surface area contributed by atoms with E-state index < -0.39 is 0 Å². The molecule has 1 aliphatic rings. The molecule has 1 aromatic carbocycles. The minimum atomic E-state index is 0.512. The van der Waals surface area contributed by atoms with Crippen LogP contribution in [0.1, 0.15) is 31.0 Å². The van der Waals surface area contributed by atoms with Crippen molar-refractivity contribution in [2.45, 2.75) is 38.8 Å². The Hall–Kier alpha value is -1.81. The molecule has 2 aromatic rings. The molecule has 1 aromatic heterocycles. The third-order valence-corrected chi connectivity index (χ3v) is 3.94. The van der Waals surface area contributed by atoms with Crippen LogP contribution in [0, 0.1) is 0 Å². The van der Waals surface area contributed by atoms with Crippen molar-refractivity contribution >= 4 is 5.69 Å². The van der Waals surface area contributed by atoms with Gasteiger partial charge in [0.1, 0.15) is 0 Å². The van der Waals surface area contributed by atoms with Crippen molar-refractivity contribution in [3.8, 4) is 0 Å². The zero-order valence-electron chi connectivity index (χ0n) is 12.6. The van der Waals surface area contributed by atoms with Crippen LogP contribution in [0.3, 0.4) is 0 Å². The molecule has 0 spiro atoms. The van der Waals surface area contributed by atoms with Gasteiger partial charge in [-0.15, -0.1) is 0 Å². The van der Waals surface area contributed by atoms with Crippen LogP contribution >= 0.6 is 0 Å². The first-order chi connectivity index (χ1) is 10.3. The molecule has 3 rings (SSSR count). The summed E-state index contributed by atoms with van der Waals surface area (Å²) in [6.45, 7) is 4.70. The Morgan fingerprint density at radius 2 is 2.00 bits per heavy atom. The van der Waals surface area contributed by atoms with E-state index in [9.17, 15) is 0 Å². The first kappa shape index (κ1) is 14.1.